The average Bonchev–Trinajstić information content (AvgIpc) is 2.27. The molecule has 1 rings (SSSR count). The number of alkyl halides is 2. The molecule has 0 radical (unpaired) electrons. The second-order valence-corrected chi connectivity index (χ2v) is 3.14. The van der Waals surface area contributed by atoms with Gasteiger partial charge in [-0.1, -0.05) is 0 Å². The topological polar surface area (TPSA) is 117 Å². The Balaban J connectivity index is 3.47. The maximum Gasteiger partial charge on any atom is 0.372 e. The normalized spacial score (nSPS) is 10.1. The van der Waals surface area contributed by atoms with Crippen LogP contribution in [-0.2, 0) is 11.2 Å². The molecule has 1 aromatic rings. The van der Waals surface area contributed by atoms with Crippen LogP contribution in [0.25, 0.3) is 0 Å². The molecular weight excluding hydrogens is 252 g/mol. The van der Waals surface area contributed by atoms with Gasteiger partial charge in [0, 0.05) is 0 Å². The van der Waals surface area contributed by atoms with Crippen LogP contribution in [0.5, 0.6) is 0 Å². The molecule has 18 heavy (non-hydrogen) atoms. The van der Waals surface area contributed by atoms with E-state index in [0.717, 1.165) is 0 Å². The zero-order chi connectivity index (χ0) is 13.9. The van der Waals surface area contributed by atoms with Gasteiger partial charge in [0.05, 0.1) is 0 Å². The number of hydrogen-bond acceptors (Lipinski definition) is 5. The smallest absolute Gasteiger partial charge is 0.372 e. The van der Waals surface area contributed by atoms with Crippen molar-refractivity contribution in [2.24, 2.45) is 0 Å². The van der Waals surface area contributed by atoms with E-state index in [-0.39, 0.29) is 0 Å². The molecule has 0 saturated heterocycles. The predicted molar refractivity (Wildman–Crippen MR) is 51.9 cm³/mol. The van der Waals surface area contributed by atoms with Gasteiger partial charge >= 0.3 is 11.8 Å². The highest BCUT2D eigenvalue weighted by Crippen LogP contribution is 2.29. The van der Waals surface area contributed by atoms with E-state index in [4.69, 9.17) is 10.4 Å². The Kier molecular flexibility index (Phi) is 3.83. The molecule has 1 N–H and O–H groups in total. The van der Waals surface area contributed by atoms with Gasteiger partial charge in [0.2, 0.25) is 0 Å². The van der Waals surface area contributed by atoms with Crippen LogP contribution in [0.15, 0.2) is 6.07 Å². The fraction of sp³-hybridized carbons (Fsp3) is 0.222. The van der Waals surface area contributed by atoms with Crippen molar-refractivity contribution in [3.05, 3.63) is 33.0 Å². The molecule has 0 aromatic carbocycles. The summed E-state index contributed by atoms with van der Waals surface area (Å²) in [6, 6.07) is 2.07. The number of pyridine rings is 1. The van der Waals surface area contributed by atoms with Crippen LogP contribution in [0.3, 0.4) is 0 Å². The number of carbonyl (C=O) groups is 1. The molecular formula is C9H5F2N3O4. The number of aliphatic carboxylic acids is 1. The van der Waals surface area contributed by atoms with E-state index < -0.39 is 46.4 Å². The van der Waals surface area contributed by atoms with E-state index in [1.165, 1.54) is 6.07 Å². The van der Waals surface area contributed by atoms with Crippen molar-refractivity contribution in [3.8, 4) is 6.07 Å². The van der Waals surface area contributed by atoms with Gasteiger partial charge in [-0.05, 0) is 16.0 Å². The third-order valence-corrected chi connectivity index (χ3v) is 1.96. The van der Waals surface area contributed by atoms with Gasteiger partial charge in [0.1, 0.15) is 23.6 Å². The standard InChI is InChI=1S/C9H5F2N3O4/c10-8(11)5-1-4(3-12)6(2-7(15)16)13-9(5)14(17)18/h1,8H,2H2,(H,15,16). The molecule has 0 atom stereocenters. The van der Waals surface area contributed by atoms with E-state index in [0.29, 0.717) is 6.07 Å². The molecule has 0 aliphatic heterocycles. The Bertz CT molecular complexity index is 553. The predicted octanol–water partition coefficient (Wildman–Crippen LogP) is 1.43. The molecule has 0 fully saturated rings. The van der Waals surface area contributed by atoms with Gasteiger partial charge in [-0.15, -0.1) is 0 Å². The van der Waals surface area contributed by atoms with Gasteiger partial charge in [-0.2, -0.15) is 5.26 Å². The van der Waals surface area contributed by atoms with E-state index in [1.807, 2.05) is 0 Å². The third kappa shape index (κ3) is 2.73. The van der Waals surface area contributed by atoms with Crippen molar-refractivity contribution in [2.45, 2.75) is 12.8 Å². The maximum atomic E-state index is 12.5. The highest BCUT2D eigenvalue weighted by molar-refractivity contribution is 5.71. The largest absolute Gasteiger partial charge is 0.481 e. The molecule has 7 nitrogen and oxygen atoms in total. The summed E-state index contributed by atoms with van der Waals surface area (Å²) in [5, 5.41) is 27.7. The Hall–Kier alpha value is -2.63. The molecule has 0 spiro atoms. The molecule has 1 aromatic heterocycles. The lowest BCUT2D eigenvalue weighted by Gasteiger charge is -2.03. The number of halogens is 2. The molecule has 0 amide bonds. The van der Waals surface area contributed by atoms with Crippen LogP contribution >= 0.6 is 0 Å². The van der Waals surface area contributed by atoms with Crippen LogP contribution in [0.2, 0.25) is 0 Å². The molecule has 0 aliphatic rings. The van der Waals surface area contributed by atoms with Crippen LogP contribution in [0.1, 0.15) is 23.2 Å². The second kappa shape index (κ2) is 5.13. The lowest BCUT2D eigenvalue weighted by molar-refractivity contribution is -0.391. The summed E-state index contributed by atoms with van der Waals surface area (Å²) in [6.07, 6.45) is -3.93. The highest BCUT2D eigenvalue weighted by atomic mass is 19.3. The molecule has 0 bridgehead atoms. The summed E-state index contributed by atoms with van der Waals surface area (Å²) in [6.45, 7) is 0. The van der Waals surface area contributed by atoms with Crippen LogP contribution < -0.4 is 0 Å². The first-order valence-electron chi connectivity index (χ1n) is 4.45. The number of carboxylic acids is 1. The minimum Gasteiger partial charge on any atom is -0.481 e. The Morgan fingerprint density at radius 2 is 2.28 bits per heavy atom. The maximum absolute atomic E-state index is 12.5. The van der Waals surface area contributed by atoms with Crippen molar-refractivity contribution in [1.82, 2.24) is 4.98 Å². The van der Waals surface area contributed by atoms with Crippen molar-refractivity contribution in [1.29, 1.82) is 5.26 Å². The third-order valence-electron chi connectivity index (χ3n) is 1.96. The van der Waals surface area contributed by atoms with E-state index in [1.54, 1.807) is 0 Å². The average molecular weight is 257 g/mol. The Morgan fingerprint density at radius 3 is 2.67 bits per heavy atom. The van der Waals surface area contributed by atoms with E-state index in [9.17, 15) is 23.7 Å². The number of carboxylic acid groups (broad SMARTS) is 1. The number of nitrogens with zero attached hydrogens (tertiary/aromatic N) is 3. The van der Waals surface area contributed by atoms with Crippen LogP contribution in [0, 0.1) is 21.4 Å². The summed E-state index contributed by atoms with van der Waals surface area (Å²) in [5.74, 6) is -2.52. The molecule has 0 aliphatic carbocycles. The lowest BCUT2D eigenvalue weighted by atomic mass is 10.1. The van der Waals surface area contributed by atoms with Crippen LogP contribution in [-0.4, -0.2) is 21.0 Å². The van der Waals surface area contributed by atoms with Crippen molar-refractivity contribution >= 4 is 11.8 Å². The van der Waals surface area contributed by atoms with E-state index >= 15 is 0 Å². The van der Waals surface area contributed by atoms with Gasteiger partial charge in [0.25, 0.3) is 6.43 Å². The number of aromatic nitrogens is 1. The number of nitro groups is 1. The molecule has 94 valence electrons. The minimum atomic E-state index is -3.18. The monoisotopic (exact) mass is 257 g/mol. The number of nitriles is 1. The summed E-state index contributed by atoms with van der Waals surface area (Å²) < 4.78 is 25.1. The number of rotatable bonds is 4. The molecule has 9 heteroatoms. The first-order chi connectivity index (χ1) is 8.36. The van der Waals surface area contributed by atoms with Gasteiger partial charge in [0.15, 0.2) is 5.69 Å². The van der Waals surface area contributed by atoms with Crippen molar-refractivity contribution < 1.29 is 23.6 Å². The zero-order valence-corrected chi connectivity index (χ0v) is 8.63. The fourth-order valence-corrected chi connectivity index (χ4v) is 1.24. The molecule has 1 heterocycles. The van der Waals surface area contributed by atoms with Gasteiger partial charge < -0.3 is 15.2 Å². The van der Waals surface area contributed by atoms with Crippen molar-refractivity contribution in [3.63, 3.8) is 0 Å². The molecule has 0 saturated carbocycles. The lowest BCUT2D eigenvalue weighted by Crippen LogP contribution is -2.09. The first kappa shape index (κ1) is 13.4. The van der Waals surface area contributed by atoms with Gasteiger partial charge in [-0.3, -0.25) is 4.79 Å². The highest BCUT2D eigenvalue weighted by Gasteiger charge is 2.28. The van der Waals surface area contributed by atoms with Crippen molar-refractivity contribution in [2.75, 3.05) is 0 Å². The zero-order valence-electron chi connectivity index (χ0n) is 8.63. The summed E-state index contributed by atoms with van der Waals surface area (Å²) in [7, 11) is 0. The summed E-state index contributed by atoms with van der Waals surface area (Å²) in [4.78, 5) is 23.1. The first-order valence-corrected chi connectivity index (χ1v) is 4.45. The van der Waals surface area contributed by atoms with Gasteiger partial charge in [-0.25, -0.2) is 8.78 Å². The quantitative estimate of drug-likeness (QED) is 0.643. The van der Waals surface area contributed by atoms with E-state index in [2.05, 4.69) is 4.98 Å². The number of hydrogen-bond donors (Lipinski definition) is 1. The molecule has 0 unspecified atom stereocenters. The Labute approximate surface area is 98.4 Å². The summed E-state index contributed by atoms with van der Waals surface area (Å²) >= 11 is 0. The van der Waals surface area contributed by atoms with Crippen LogP contribution in [0.4, 0.5) is 14.6 Å². The summed E-state index contributed by atoms with van der Waals surface area (Å²) in [5.41, 5.74) is -1.84. The second-order valence-electron chi connectivity index (χ2n) is 3.14. The SMILES string of the molecule is N#Cc1cc(C(F)F)c([N+](=O)[O-])nc1CC(=O)O. The Morgan fingerprint density at radius 1 is 1.67 bits per heavy atom. The fourth-order valence-electron chi connectivity index (χ4n) is 1.24. The minimum absolute atomic E-state index is 0.416.